The summed E-state index contributed by atoms with van der Waals surface area (Å²) in [5.41, 5.74) is 0. The molecule has 0 aromatic heterocycles. The summed E-state index contributed by atoms with van der Waals surface area (Å²) < 4.78 is 131. The summed E-state index contributed by atoms with van der Waals surface area (Å²) in [5, 5.41) is 0. The van der Waals surface area contributed by atoms with Crippen molar-refractivity contribution in [1.82, 2.24) is 0 Å². The van der Waals surface area contributed by atoms with Crippen molar-refractivity contribution in [2.24, 2.45) is 0 Å². The van der Waals surface area contributed by atoms with E-state index in [4.69, 9.17) is 0 Å². The summed E-state index contributed by atoms with van der Waals surface area (Å²) in [6.07, 6.45) is -24.6. The molecule has 0 radical (unpaired) electrons. The zero-order valence-corrected chi connectivity index (χ0v) is 7.55. The molecule has 0 saturated heterocycles. The molecule has 0 saturated carbocycles. The number of halogens is 11. The van der Waals surface area contributed by atoms with E-state index >= 15 is 0 Å². The molecule has 13 heteroatoms. The van der Waals surface area contributed by atoms with Crippen LogP contribution in [0.4, 0.5) is 48.4 Å². The molecule has 0 fully saturated rings. The van der Waals surface area contributed by atoms with Crippen LogP contribution in [0, 0.1) is 0 Å². The largest absolute Gasteiger partial charge is 0.461 e. The van der Waals surface area contributed by atoms with Gasteiger partial charge in [-0.1, -0.05) is 0 Å². The van der Waals surface area contributed by atoms with Gasteiger partial charge in [-0.25, -0.2) is 4.39 Å². The molecule has 0 aliphatic rings. The van der Waals surface area contributed by atoms with Gasteiger partial charge in [-0.3, -0.25) is 4.74 Å². The summed E-state index contributed by atoms with van der Waals surface area (Å²) in [5.74, 6) is -6.59. The lowest BCUT2D eigenvalue weighted by Crippen LogP contribution is -2.59. The predicted octanol–water partition coefficient (Wildman–Crippen LogP) is 3.58. The highest BCUT2D eigenvalue weighted by Gasteiger charge is 2.77. The van der Waals surface area contributed by atoms with E-state index in [0.29, 0.717) is 0 Å². The van der Waals surface area contributed by atoms with Crippen LogP contribution in [0.3, 0.4) is 0 Å². The van der Waals surface area contributed by atoms with Gasteiger partial charge in [0.05, 0.1) is 0 Å². The molecule has 0 N–H and O–H groups in total. The molecule has 18 heavy (non-hydrogen) atoms. The van der Waals surface area contributed by atoms with Crippen LogP contribution in [0.15, 0.2) is 0 Å². The van der Waals surface area contributed by atoms with E-state index in [1.807, 2.05) is 4.74 Å². The standard InChI is InChI=1S/C5HF11O2/c6-1(2(7,8)9)17-5(14,15)3(10,18-16)4(11,12)13/h1H. The molecule has 2 nitrogen and oxygen atoms in total. The smallest absolute Gasteiger partial charge is 0.272 e. The first-order chi connectivity index (χ1) is 7.69. The molecule has 0 rings (SSSR count). The van der Waals surface area contributed by atoms with E-state index in [2.05, 4.69) is 0 Å². The fourth-order valence-electron chi connectivity index (χ4n) is 0.526. The average Bonchev–Trinajstić information content (AvgIpc) is 2.12. The van der Waals surface area contributed by atoms with Crippen molar-refractivity contribution in [2.45, 2.75) is 30.7 Å². The van der Waals surface area contributed by atoms with Gasteiger partial charge in [0.25, 0.3) is 6.36 Å². The van der Waals surface area contributed by atoms with Gasteiger partial charge in [-0.15, -0.1) is 4.94 Å². The minimum atomic E-state index is -6.82. The second-order valence-corrected chi connectivity index (χ2v) is 2.66. The maximum atomic E-state index is 12.4. The Balaban J connectivity index is 5.24. The van der Waals surface area contributed by atoms with Gasteiger partial charge in [-0.05, 0) is 4.53 Å². The zero-order chi connectivity index (χ0) is 15.0. The van der Waals surface area contributed by atoms with Gasteiger partial charge < -0.3 is 0 Å². The van der Waals surface area contributed by atoms with Crippen molar-refractivity contribution in [3.63, 3.8) is 0 Å². The number of ether oxygens (including phenoxy) is 1. The van der Waals surface area contributed by atoms with Crippen LogP contribution < -0.4 is 0 Å². The Labute approximate surface area is 90.1 Å². The molecule has 2 atom stereocenters. The maximum absolute atomic E-state index is 12.4. The van der Waals surface area contributed by atoms with Crippen LogP contribution in [0.2, 0.25) is 0 Å². The van der Waals surface area contributed by atoms with Crippen LogP contribution >= 0.6 is 0 Å². The quantitative estimate of drug-likeness (QED) is 0.739. The Kier molecular flexibility index (Phi) is 4.46. The fraction of sp³-hybridized carbons (Fsp3) is 1.00. The molecule has 110 valence electrons. The van der Waals surface area contributed by atoms with E-state index in [9.17, 15) is 48.4 Å². The van der Waals surface area contributed by atoms with Crippen LogP contribution in [0.25, 0.3) is 0 Å². The predicted molar refractivity (Wildman–Crippen MR) is 29.1 cm³/mol. The molecule has 0 heterocycles. The number of hydrogen-bond donors (Lipinski definition) is 0. The third-order valence-electron chi connectivity index (χ3n) is 1.35. The molecule has 0 bridgehead atoms. The molecule has 2 unspecified atom stereocenters. The summed E-state index contributed by atoms with van der Waals surface area (Å²) >= 11 is 0. The number of alkyl halides is 10. The lowest BCUT2D eigenvalue weighted by Gasteiger charge is -2.31. The first-order valence-corrected chi connectivity index (χ1v) is 3.51. The average molecular weight is 302 g/mol. The van der Waals surface area contributed by atoms with Crippen molar-refractivity contribution in [3.05, 3.63) is 0 Å². The third kappa shape index (κ3) is 3.13. The van der Waals surface area contributed by atoms with E-state index in [-0.39, 0.29) is 0 Å². The summed E-state index contributed by atoms with van der Waals surface area (Å²) in [7, 11) is 0. The number of rotatable bonds is 4. The molecule has 0 aliphatic carbocycles. The van der Waals surface area contributed by atoms with E-state index in [1.54, 1.807) is 0 Å². The van der Waals surface area contributed by atoms with Gasteiger partial charge in [0.15, 0.2) is 0 Å². The minimum Gasteiger partial charge on any atom is -0.272 e. The maximum Gasteiger partial charge on any atom is 0.461 e. The van der Waals surface area contributed by atoms with Gasteiger partial charge in [0.2, 0.25) is 0 Å². The van der Waals surface area contributed by atoms with Gasteiger partial charge in [0.1, 0.15) is 0 Å². The normalized spacial score (nSPS) is 19.5. The Hall–Kier alpha value is -0.850. The van der Waals surface area contributed by atoms with E-state index < -0.39 is 30.7 Å². The fourth-order valence-corrected chi connectivity index (χ4v) is 0.526. The van der Waals surface area contributed by atoms with Gasteiger partial charge in [0, 0.05) is 0 Å². The Morgan fingerprint density at radius 2 is 1.17 bits per heavy atom. The van der Waals surface area contributed by atoms with Gasteiger partial charge >= 0.3 is 24.3 Å². The van der Waals surface area contributed by atoms with Crippen molar-refractivity contribution in [3.8, 4) is 0 Å². The molecular formula is C5HF11O2. The molecule has 0 aliphatic heterocycles. The molecule has 0 aromatic carbocycles. The lowest BCUT2D eigenvalue weighted by atomic mass is 10.3. The number of hydrogen-bond acceptors (Lipinski definition) is 2. The van der Waals surface area contributed by atoms with Crippen molar-refractivity contribution in [1.29, 1.82) is 0 Å². The molecule has 0 aromatic rings. The first-order valence-electron chi connectivity index (χ1n) is 3.51. The van der Waals surface area contributed by atoms with Crippen LogP contribution in [0.1, 0.15) is 0 Å². The topological polar surface area (TPSA) is 18.5 Å². The highest BCUT2D eigenvalue weighted by molar-refractivity contribution is 4.86. The summed E-state index contributed by atoms with van der Waals surface area (Å²) in [6.45, 7) is 0. The van der Waals surface area contributed by atoms with Crippen molar-refractivity contribution >= 4 is 0 Å². The van der Waals surface area contributed by atoms with Gasteiger partial charge in [-0.2, -0.15) is 39.5 Å². The van der Waals surface area contributed by atoms with E-state index in [1.165, 1.54) is 4.94 Å². The monoisotopic (exact) mass is 302 g/mol. The van der Waals surface area contributed by atoms with Crippen LogP contribution in [-0.2, 0) is 9.68 Å². The summed E-state index contributed by atoms with van der Waals surface area (Å²) in [6, 6.07) is 0. The van der Waals surface area contributed by atoms with E-state index in [0.717, 1.165) is 0 Å². The first kappa shape index (κ1) is 17.2. The summed E-state index contributed by atoms with van der Waals surface area (Å²) in [4.78, 5) is 1.28. The van der Waals surface area contributed by atoms with Crippen molar-refractivity contribution < 1.29 is 58.1 Å². The molecule has 0 spiro atoms. The Bertz CT molecular complexity index is 282. The molecular weight excluding hydrogens is 301 g/mol. The second-order valence-electron chi connectivity index (χ2n) is 2.66. The highest BCUT2D eigenvalue weighted by Crippen LogP contribution is 2.48. The third-order valence-corrected chi connectivity index (χ3v) is 1.35. The SMILES string of the molecule is FOC(F)(C(F)(F)F)C(F)(F)OC(F)C(F)(F)F. The molecule has 0 amide bonds. The highest BCUT2D eigenvalue weighted by atomic mass is 19.4. The van der Waals surface area contributed by atoms with Crippen LogP contribution in [0.5, 0.6) is 0 Å². The second kappa shape index (κ2) is 4.68. The Morgan fingerprint density at radius 1 is 0.778 bits per heavy atom. The van der Waals surface area contributed by atoms with Crippen molar-refractivity contribution in [2.75, 3.05) is 0 Å². The minimum absolute atomic E-state index is 1.28. The lowest BCUT2D eigenvalue weighted by molar-refractivity contribution is -0.517. The van der Waals surface area contributed by atoms with Crippen LogP contribution in [-0.4, -0.2) is 30.7 Å². The zero-order valence-electron chi connectivity index (χ0n) is 7.55. The Morgan fingerprint density at radius 3 is 1.39 bits per heavy atom.